The van der Waals surface area contributed by atoms with Gasteiger partial charge in [0, 0.05) is 124 Å². The second-order valence-corrected chi connectivity index (χ2v) is 42.9. The number of aryl methyl sites for hydroxylation is 2. The van der Waals surface area contributed by atoms with Crippen LogP contribution in [0.25, 0.3) is 104 Å². The number of carbonyl (C=O) groups excluding carboxylic acids is 5. The maximum absolute atomic E-state index is 11.8. The molecule has 5 aliphatic rings. The number of likely N-dealkylation sites (N-methyl/N-ethyl adjacent to an activating group) is 1. The van der Waals surface area contributed by atoms with E-state index in [1.54, 1.807) is 148 Å². The maximum atomic E-state index is 11.8. The number of anilines is 5. The third kappa shape index (κ3) is 18.5. The lowest BCUT2D eigenvalue weighted by atomic mass is 9.88. The molecule has 3 aliphatic heterocycles. The highest BCUT2D eigenvalue weighted by Crippen LogP contribution is 2.54. The van der Waals surface area contributed by atoms with Crippen molar-refractivity contribution in [1.82, 2.24) is 40.0 Å². The Morgan fingerprint density at radius 2 is 0.752 bits per heavy atom. The van der Waals surface area contributed by atoms with E-state index in [0.717, 1.165) is 170 Å². The Hall–Kier alpha value is -8.72. The normalized spacial score (nSPS) is 18.0. The van der Waals surface area contributed by atoms with Crippen LogP contribution in [0.4, 0.5) is 25.0 Å². The number of amides is 5. The summed E-state index contributed by atoms with van der Waals surface area (Å²) in [6.07, 6.45) is 8.80. The van der Waals surface area contributed by atoms with Gasteiger partial charge in [-0.05, 0) is 205 Å². The van der Waals surface area contributed by atoms with E-state index in [-0.39, 0.29) is 29.5 Å². The van der Waals surface area contributed by atoms with Crippen molar-refractivity contribution in [2.75, 3.05) is 46.2 Å². The summed E-state index contributed by atoms with van der Waals surface area (Å²) in [6.45, 7) is 32.2. The van der Waals surface area contributed by atoms with Crippen molar-refractivity contribution >= 4 is 219 Å². The van der Waals surface area contributed by atoms with Crippen LogP contribution in [0.3, 0.4) is 0 Å². The highest BCUT2D eigenvalue weighted by atomic mass is 32.1. The van der Waals surface area contributed by atoms with Crippen LogP contribution in [-0.4, -0.2) is 96.0 Å². The van der Waals surface area contributed by atoms with E-state index >= 15 is 0 Å². The fourth-order valence-corrected chi connectivity index (χ4v) is 29.3. The number of hydrogen-bond donors (Lipinski definition) is 6. The first-order valence-corrected chi connectivity index (χ1v) is 49.6. The van der Waals surface area contributed by atoms with E-state index in [0.29, 0.717) is 41.9 Å². The molecule has 20 rings (SSSR count). The number of para-hydroxylation sites is 5. The lowest BCUT2D eigenvalue weighted by Gasteiger charge is -2.38. The Morgan fingerprint density at radius 3 is 1.12 bits per heavy atom. The second-order valence-electron chi connectivity index (χ2n) is 32.3. The van der Waals surface area contributed by atoms with Gasteiger partial charge in [0.15, 0.2) is 0 Å². The van der Waals surface area contributed by atoms with Crippen LogP contribution in [0, 0.1) is 11.8 Å². The molecule has 28 heteroatoms. The van der Waals surface area contributed by atoms with E-state index < -0.39 is 0 Å². The SMILES string of the molecule is CC(=O)Nc1sc2c(c1-c1nc3ccccc3s1)CC(C)CC2.CC(=O)Nc1sc2c(c1-c1nc3ccccc3s1)CC(C)CC2.CC(=O)Nc1sc2c(c1-c1nc3ccccc3s1)CCNC2C.CC(=O)Nc1sc2c(c1-c1nc3ccccc3s1)[C@@H](C)CN(C(C)C)C2.CCN1[C@H](C)Cc2c(sc(NC(C)=O)c2-c2nc3ccccc3s2)[C@@H]1C. The van der Waals surface area contributed by atoms with Gasteiger partial charge in [-0.2, -0.15) is 0 Å². The maximum Gasteiger partial charge on any atom is 0.221 e. The third-order valence-electron chi connectivity index (χ3n) is 22.7. The largest absolute Gasteiger partial charge is 0.317 e. The van der Waals surface area contributed by atoms with Gasteiger partial charge in [-0.1, -0.05) is 88.4 Å². The number of thiophene rings is 5. The summed E-state index contributed by atoms with van der Waals surface area (Å²) in [5, 5.41) is 28.5. The van der Waals surface area contributed by atoms with Crippen molar-refractivity contribution in [3.63, 3.8) is 0 Å². The molecule has 18 nitrogen and oxygen atoms in total. The minimum Gasteiger partial charge on any atom is -0.317 e. The molecule has 6 atom stereocenters. The van der Waals surface area contributed by atoms with Crippen molar-refractivity contribution in [2.24, 2.45) is 11.8 Å². The first-order valence-electron chi connectivity index (χ1n) is 41.5. The Labute approximate surface area is 745 Å². The Balaban J connectivity index is 0.000000113. The summed E-state index contributed by atoms with van der Waals surface area (Å²) < 4.78 is 5.94. The first-order chi connectivity index (χ1) is 58.3. The molecule has 0 fully saturated rings. The molecule has 3 unspecified atom stereocenters. The number of rotatable bonds is 12. The highest BCUT2D eigenvalue weighted by molar-refractivity contribution is 7.25. The number of carbonyl (C=O) groups is 5. The minimum absolute atomic E-state index is 0.0148. The van der Waals surface area contributed by atoms with Gasteiger partial charge in [0.25, 0.3) is 0 Å². The van der Waals surface area contributed by atoms with E-state index in [1.165, 1.54) is 88.5 Å². The van der Waals surface area contributed by atoms with Gasteiger partial charge in [0.2, 0.25) is 29.5 Å². The lowest BCUT2D eigenvalue weighted by molar-refractivity contribution is -0.115. The van der Waals surface area contributed by atoms with E-state index in [1.807, 2.05) is 66.7 Å². The molecule has 0 saturated carbocycles. The van der Waals surface area contributed by atoms with Crippen LogP contribution < -0.4 is 31.9 Å². The van der Waals surface area contributed by atoms with Crippen LogP contribution >= 0.6 is 113 Å². The first kappa shape index (κ1) is 85.8. The molecule has 0 saturated heterocycles. The zero-order valence-electron chi connectivity index (χ0n) is 70.3. The van der Waals surface area contributed by atoms with Gasteiger partial charge in [-0.3, -0.25) is 33.8 Å². The fraction of sp³-hybridized carbons (Fsp3) is 0.355. The van der Waals surface area contributed by atoms with Crippen LogP contribution in [-0.2, 0) is 69.0 Å². The zero-order chi connectivity index (χ0) is 84.8. The van der Waals surface area contributed by atoms with Gasteiger partial charge in [-0.15, -0.1) is 113 Å². The highest BCUT2D eigenvalue weighted by Gasteiger charge is 2.37. The molecule has 626 valence electrons. The number of nitrogens with zero attached hydrogens (tertiary/aromatic N) is 7. The molecule has 13 heterocycles. The number of fused-ring (bicyclic) bond motifs is 10. The molecule has 0 spiro atoms. The molecule has 5 aromatic carbocycles. The van der Waals surface area contributed by atoms with Crippen molar-refractivity contribution in [1.29, 1.82) is 0 Å². The van der Waals surface area contributed by atoms with E-state index in [2.05, 4.69) is 159 Å². The molecule has 2 aliphatic carbocycles. The van der Waals surface area contributed by atoms with Gasteiger partial charge in [-0.25, -0.2) is 24.9 Å². The Morgan fingerprint density at radius 1 is 0.413 bits per heavy atom. The number of aromatic nitrogens is 5. The monoisotopic (exact) mass is 1800 g/mol. The van der Waals surface area contributed by atoms with Crippen LogP contribution in [0.1, 0.15) is 180 Å². The predicted octanol–water partition coefficient (Wildman–Crippen LogP) is 25.0. The molecule has 0 radical (unpaired) electrons. The quantitative estimate of drug-likeness (QED) is 0.0670. The molecule has 15 aromatic rings. The molecular formula is C93H99N13O5S10. The lowest BCUT2D eigenvalue weighted by Crippen LogP contribution is -2.40. The minimum atomic E-state index is -0.0356. The standard InChI is InChI=1S/2C20H23N3OS2.2C18H18N2OS2.C17H17N3OS2/c1-11(2)23-9-12(3)17-16(10-23)26-19(21-13(4)24)18(17)20-22-14-7-5-6-8-15(14)25-20;1-5-23-11(2)10-14-17(19(21-13(4)24)26-18(14)12(23)3)20-22-15-8-6-7-9-16(15)25-20;2*1-10-7-8-14-12(9-10)16(17(22-14)19-11(2)21)18-20-13-5-3-4-6-15(13)23-18;1-9-15-11(7-8-18-9)14(16(23-15)19-10(2)21)17-20-12-5-3-4-6-13(12)22-17/h5-8,11-12H,9-10H2,1-4H3,(H,21,24);6-9,11-12H,5,10H2,1-4H3,(H,21,24);2*3-6,10H,7-9H2,1-2H3,(H,19,21);3-6,9,18H,7-8H2,1-2H3,(H,19,21)/t12-;11-,12+;;;/m01.../s1. The van der Waals surface area contributed by atoms with Crippen molar-refractivity contribution in [3.8, 4) is 52.9 Å². The van der Waals surface area contributed by atoms with Crippen molar-refractivity contribution < 1.29 is 24.0 Å². The number of hydrogen-bond acceptors (Lipinski definition) is 23. The van der Waals surface area contributed by atoms with E-state index in [9.17, 15) is 24.0 Å². The van der Waals surface area contributed by atoms with Crippen molar-refractivity contribution in [3.05, 3.63) is 174 Å². The van der Waals surface area contributed by atoms with Crippen LogP contribution in [0.2, 0.25) is 0 Å². The van der Waals surface area contributed by atoms with Gasteiger partial charge in [0.05, 0.1) is 51.1 Å². The smallest absolute Gasteiger partial charge is 0.221 e. The summed E-state index contributed by atoms with van der Waals surface area (Å²) in [7, 11) is 0. The second kappa shape index (κ2) is 37.0. The number of benzene rings is 5. The van der Waals surface area contributed by atoms with Gasteiger partial charge >= 0.3 is 0 Å². The van der Waals surface area contributed by atoms with Crippen molar-refractivity contribution in [2.45, 2.75) is 185 Å². The average Bonchev–Trinajstić information content (AvgIpc) is 1.62. The fourth-order valence-electron chi connectivity index (χ4n) is 17.1. The summed E-state index contributed by atoms with van der Waals surface area (Å²) in [5.41, 5.74) is 17.7. The van der Waals surface area contributed by atoms with E-state index in [4.69, 9.17) is 24.9 Å². The molecule has 0 bridgehead atoms. The molecule has 10 aromatic heterocycles. The molecular weight excluding hydrogens is 1700 g/mol. The topological polar surface area (TPSA) is 228 Å². The van der Waals surface area contributed by atoms with Crippen LogP contribution in [0.5, 0.6) is 0 Å². The van der Waals surface area contributed by atoms with Gasteiger partial charge in [0.1, 0.15) is 50.0 Å². The third-order valence-corrected chi connectivity index (χ3v) is 34.1. The predicted molar refractivity (Wildman–Crippen MR) is 517 cm³/mol. The molecule has 5 amide bonds. The van der Waals surface area contributed by atoms with Crippen LogP contribution in [0.15, 0.2) is 121 Å². The molecule has 121 heavy (non-hydrogen) atoms. The van der Waals surface area contributed by atoms with Gasteiger partial charge < -0.3 is 31.9 Å². The number of thiazole rings is 5. The zero-order valence-corrected chi connectivity index (χ0v) is 78.5. The summed E-state index contributed by atoms with van der Waals surface area (Å²) >= 11 is 17.1. The molecule has 6 N–H and O–H groups in total. The summed E-state index contributed by atoms with van der Waals surface area (Å²) in [5.74, 6) is 1.68. The number of nitrogens with one attached hydrogen (secondary N) is 6. The summed E-state index contributed by atoms with van der Waals surface area (Å²) in [6, 6.07) is 42.8. The average molecular weight is 1800 g/mol. The Kier molecular flexibility index (Phi) is 26.2. The summed E-state index contributed by atoms with van der Waals surface area (Å²) in [4.78, 5) is 94.6. The Bertz CT molecular complexity index is 6090.